The Kier molecular flexibility index (Phi) is 4.62. The minimum atomic E-state index is -3.37. The molecule has 108 valence electrons. The summed E-state index contributed by atoms with van der Waals surface area (Å²) in [7, 11) is 0.107. The van der Waals surface area contributed by atoms with E-state index in [0.29, 0.717) is 24.5 Å². The third kappa shape index (κ3) is 3.00. The lowest BCUT2D eigenvalue weighted by Crippen LogP contribution is -2.30. The van der Waals surface area contributed by atoms with Gasteiger partial charge in [-0.15, -0.1) is 11.3 Å². The molecule has 2 rings (SSSR count). The van der Waals surface area contributed by atoms with E-state index in [1.165, 1.54) is 15.6 Å². The van der Waals surface area contributed by atoms with Gasteiger partial charge in [-0.25, -0.2) is 8.42 Å². The Labute approximate surface area is 118 Å². The summed E-state index contributed by atoms with van der Waals surface area (Å²) in [5.41, 5.74) is 0. The van der Waals surface area contributed by atoms with Crippen LogP contribution in [0.15, 0.2) is 11.0 Å². The fraction of sp³-hybridized carbons (Fsp3) is 0.667. The van der Waals surface area contributed by atoms with Crippen LogP contribution in [0.5, 0.6) is 0 Å². The van der Waals surface area contributed by atoms with E-state index in [-0.39, 0.29) is 6.10 Å². The topological polar surface area (TPSA) is 58.6 Å². The molecule has 2 heterocycles. The molecule has 7 heteroatoms. The molecule has 1 saturated heterocycles. The third-order valence-corrected chi connectivity index (χ3v) is 6.50. The molecule has 1 fully saturated rings. The lowest BCUT2D eigenvalue weighted by molar-refractivity contribution is 0.115. The second-order valence-electron chi connectivity index (χ2n) is 4.67. The number of hydrogen-bond acceptors (Lipinski definition) is 5. The Hall–Kier alpha value is -0.470. The molecule has 1 aromatic rings. The molecule has 1 aliphatic heterocycles. The van der Waals surface area contributed by atoms with Gasteiger partial charge in [-0.1, -0.05) is 0 Å². The molecule has 0 radical (unpaired) electrons. The summed E-state index contributed by atoms with van der Waals surface area (Å²) in [4.78, 5) is 2.34. The van der Waals surface area contributed by atoms with Gasteiger partial charge in [0.2, 0.25) is 10.0 Å². The molecule has 1 unspecified atom stereocenters. The van der Waals surface area contributed by atoms with Crippen molar-refractivity contribution < 1.29 is 13.2 Å². The predicted octanol–water partition coefficient (Wildman–Crippen LogP) is 1.19. The number of thiophene rings is 1. The zero-order valence-corrected chi connectivity index (χ0v) is 13.1. The first-order valence-electron chi connectivity index (χ1n) is 6.26. The van der Waals surface area contributed by atoms with E-state index >= 15 is 0 Å². The van der Waals surface area contributed by atoms with Gasteiger partial charge in [0.1, 0.15) is 0 Å². The van der Waals surface area contributed by atoms with E-state index < -0.39 is 10.0 Å². The standard InChI is InChI=1S/C12H20N2O3S2/c1-9-12(6-11(18-9)7-13-2)19(15,16)14-5-4-10(8-14)17-3/h6,10,13H,4-5,7-8H2,1-3H3. The molecule has 0 aliphatic carbocycles. The van der Waals surface area contributed by atoms with E-state index in [1.807, 2.05) is 14.0 Å². The molecule has 1 N–H and O–H groups in total. The van der Waals surface area contributed by atoms with Gasteiger partial charge in [-0.05, 0) is 26.5 Å². The summed E-state index contributed by atoms with van der Waals surface area (Å²) in [6, 6.07) is 1.78. The summed E-state index contributed by atoms with van der Waals surface area (Å²) in [5.74, 6) is 0. The third-order valence-electron chi connectivity index (χ3n) is 3.33. The van der Waals surface area contributed by atoms with Gasteiger partial charge in [-0.2, -0.15) is 4.31 Å². The first-order chi connectivity index (χ1) is 8.98. The van der Waals surface area contributed by atoms with Crippen LogP contribution >= 0.6 is 11.3 Å². The summed E-state index contributed by atoms with van der Waals surface area (Å²) in [6.45, 7) is 3.55. The zero-order chi connectivity index (χ0) is 14.0. The largest absolute Gasteiger partial charge is 0.380 e. The van der Waals surface area contributed by atoms with Gasteiger partial charge in [-0.3, -0.25) is 0 Å². The van der Waals surface area contributed by atoms with Gasteiger partial charge in [0.15, 0.2) is 0 Å². The summed E-state index contributed by atoms with van der Waals surface area (Å²) < 4.78 is 31.9. The second-order valence-corrected chi connectivity index (χ2v) is 7.92. The van der Waals surface area contributed by atoms with Crippen molar-refractivity contribution in [2.24, 2.45) is 0 Å². The highest BCUT2D eigenvalue weighted by Gasteiger charge is 2.34. The van der Waals surface area contributed by atoms with Gasteiger partial charge < -0.3 is 10.1 Å². The van der Waals surface area contributed by atoms with Crippen molar-refractivity contribution in [2.75, 3.05) is 27.2 Å². The van der Waals surface area contributed by atoms with E-state index in [4.69, 9.17) is 4.74 Å². The monoisotopic (exact) mass is 304 g/mol. The number of nitrogens with one attached hydrogen (secondary N) is 1. The van der Waals surface area contributed by atoms with Gasteiger partial charge in [0.05, 0.1) is 11.0 Å². The molecule has 1 aromatic heterocycles. The molecule has 0 saturated carbocycles. The molecule has 1 aliphatic rings. The molecule has 0 spiro atoms. The molecule has 1 atom stereocenters. The van der Waals surface area contributed by atoms with Crippen LogP contribution in [0.4, 0.5) is 0 Å². The first kappa shape index (κ1) is 14.9. The van der Waals surface area contributed by atoms with Gasteiger partial charge in [0, 0.05) is 36.5 Å². The molecular weight excluding hydrogens is 284 g/mol. The van der Waals surface area contributed by atoms with Crippen LogP contribution in [0.3, 0.4) is 0 Å². The Morgan fingerprint density at radius 2 is 2.32 bits per heavy atom. The Bertz CT molecular complexity index is 539. The number of nitrogens with zero attached hydrogens (tertiary/aromatic N) is 1. The van der Waals surface area contributed by atoms with E-state index in [9.17, 15) is 8.42 Å². The lowest BCUT2D eigenvalue weighted by Gasteiger charge is -2.15. The van der Waals surface area contributed by atoms with Crippen molar-refractivity contribution in [2.45, 2.75) is 30.9 Å². The highest BCUT2D eigenvalue weighted by molar-refractivity contribution is 7.89. The average Bonchev–Trinajstić information content (AvgIpc) is 2.96. The van der Waals surface area contributed by atoms with Crippen LogP contribution in [0.2, 0.25) is 0 Å². The average molecular weight is 304 g/mol. The van der Waals surface area contributed by atoms with Crippen LogP contribution in [0.25, 0.3) is 0 Å². The maximum absolute atomic E-state index is 12.6. The van der Waals surface area contributed by atoms with Crippen molar-refractivity contribution in [1.82, 2.24) is 9.62 Å². The van der Waals surface area contributed by atoms with Gasteiger partial charge >= 0.3 is 0 Å². The van der Waals surface area contributed by atoms with Crippen molar-refractivity contribution in [1.29, 1.82) is 0 Å². The van der Waals surface area contributed by atoms with Crippen LogP contribution in [-0.2, 0) is 21.3 Å². The van der Waals surface area contributed by atoms with E-state index in [1.54, 1.807) is 13.2 Å². The molecule has 0 bridgehead atoms. The van der Waals surface area contributed by atoms with Crippen molar-refractivity contribution in [3.05, 3.63) is 15.8 Å². The molecular formula is C12H20N2O3S2. The minimum Gasteiger partial charge on any atom is -0.380 e. The second kappa shape index (κ2) is 5.88. The molecule has 19 heavy (non-hydrogen) atoms. The number of methoxy groups -OCH3 is 1. The molecule has 5 nitrogen and oxygen atoms in total. The van der Waals surface area contributed by atoms with Crippen LogP contribution in [-0.4, -0.2) is 46.1 Å². The minimum absolute atomic E-state index is 0.0190. The van der Waals surface area contributed by atoms with Crippen molar-refractivity contribution in [3.8, 4) is 0 Å². The Morgan fingerprint density at radius 1 is 1.58 bits per heavy atom. The van der Waals surface area contributed by atoms with Crippen molar-refractivity contribution >= 4 is 21.4 Å². The Morgan fingerprint density at radius 3 is 2.89 bits per heavy atom. The summed E-state index contributed by atoms with van der Waals surface area (Å²) >= 11 is 1.53. The quantitative estimate of drug-likeness (QED) is 0.887. The SMILES string of the molecule is CNCc1cc(S(=O)(=O)N2CCC(OC)C2)c(C)s1. The van der Waals surface area contributed by atoms with Crippen LogP contribution < -0.4 is 5.32 Å². The lowest BCUT2D eigenvalue weighted by atomic mass is 10.3. The summed E-state index contributed by atoms with van der Waals surface area (Å²) in [5, 5.41) is 3.04. The molecule has 0 amide bonds. The highest BCUT2D eigenvalue weighted by Crippen LogP contribution is 2.30. The fourth-order valence-electron chi connectivity index (χ4n) is 2.29. The Balaban J connectivity index is 2.24. The molecule has 0 aromatic carbocycles. The number of rotatable bonds is 5. The predicted molar refractivity (Wildman–Crippen MR) is 76.0 cm³/mol. The van der Waals surface area contributed by atoms with Crippen molar-refractivity contribution in [3.63, 3.8) is 0 Å². The van der Waals surface area contributed by atoms with E-state index in [2.05, 4.69) is 5.32 Å². The normalized spacial score (nSPS) is 21.1. The summed E-state index contributed by atoms with van der Waals surface area (Å²) in [6.07, 6.45) is 0.785. The number of hydrogen-bond donors (Lipinski definition) is 1. The fourth-order valence-corrected chi connectivity index (χ4v) is 5.39. The maximum atomic E-state index is 12.6. The van der Waals surface area contributed by atoms with Crippen LogP contribution in [0, 0.1) is 6.92 Å². The van der Waals surface area contributed by atoms with E-state index in [0.717, 1.165) is 16.2 Å². The van der Waals surface area contributed by atoms with Crippen LogP contribution in [0.1, 0.15) is 16.2 Å². The highest BCUT2D eigenvalue weighted by atomic mass is 32.2. The first-order valence-corrected chi connectivity index (χ1v) is 8.51. The van der Waals surface area contributed by atoms with Gasteiger partial charge in [0.25, 0.3) is 0 Å². The maximum Gasteiger partial charge on any atom is 0.244 e. The number of ether oxygens (including phenoxy) is 1. The smallest absolute Gasteiger partial charge is 0.244 e. The number of aryl methyl sites for hydroxylation is 1. The zero-order valence-electron chi connectivity index (χ0n) is 11.5. The number of sulfonamides is 1.